The lowest BCUT2D eigenvalue weighted by Crippen LogP contribution is -2.50. The molecule has 2 aliphatic heterocycles. The number of hydrogen-bond donors (Lipinski definition) is 0. The van der Waals surface area contributed by atoms with Gasteiger partial charge in [0.2, 0.25) is 5.91 Å². The maximum Gasteiger partial charge on any atom is 0.409 e. The third kappa shape index (κ3) is 7.43. The van der Waals surface area contributed by atoms with Gasteiger partial charge in [-0.25, -0.2) is 4.79 Å². The number of unbranched alkanes of at least 4 members (excludes halogenated alkanes) is 2. The molecule has 7 nitrogen and oxygen atoms in total. The van der Waals surface area contributed by atoms with Crippen LogP contribution in [-0.2, 0) is 14.3 Å². The second kappa shape index (κ2) is 13.3. The first-order valence-corrected chi connectivity index (χ1v) is 12.9. The molecule has 1 aromatic carbocycles. The van der Waals surface area contributed by atoms with Crippen LogP contribution >= 0.6 is 24.0 Å². The van der Waals surface area contributed by atoms with Crippen molar-refractivity contribution < 1.29 is 19.1 Å². The van der Waals surface area contributed by atoms with Gasteiger partial charge in [0.25, 0.3) is 5.91 Å². The van der Waals surface area contributed by atoms with Crippen molar-refractivity contribution in [3.05, 3.63) is 53.0 Å². The minimum absolute atomic E-state index is 0.0525. The van der Waals surface area contributed by atoms with Gasteiger partial charge in [0.1, 0.15) is 4.32 Å². The van der Waals surface area contributed by atoms with Crippen LogP contribution < -0.4 is 0 Å². The highest BCUT2D eigenvalue weighted by atomic mass is 32.2. The van der Waals surface area contributed by atoms with Crippen molar-refractivity contribution >= 4 is 52.3 Å². The van der Waals surface area contributed by atoms with Crippen molar-refractivity contribution in [1.29, 1.82) is 0 Å². The highest BCUT2D eigenvalue weighted by Gasteiger charge is 2.31. The first-order valence-electron chi connectivity index (χ1n) is 11.7. The summed E-state index contributed by atoms with van der Waals surface area (Å²) in [6.45, 7) is 4.80. The molecular weight excluding hydrogens is 470 g/mol. The van der Waals surface area contributed by atoms with Crippen LogP contribution in [-0.4, -0.2) is 76.3 Å². The van der Waals surface area contributed by atoms with E-state index in [2.05, 4.69) is 0 Å². The van der Waals surface area contributed by atoms with Crippen molar-refractivity contribution in [1.82, 2.24) is 14.7 Å². The Morgan fingerprint density at radius 2 is 1.76 bits per heavy atom. The topological polar surface area (TPSA) is 70.2 Å². The quantitative estimate of drug-likeness (QED) is 0.285. The fraction of sp³-hybridized carbons (Fsp3) is 0.440. The molecule has 2 heterocycles. The van der Waals surface area contributed by atoms with Crippen molar-refractivity contribution in [2.24, 2.45) is 0 Å². The molecule has 3 amide bonds. The van der Waals surface area contributed by atoms with Crippen LogP contribution in [0, 0.1) is 0 Å². The Kier molecular flexibility index (Phi) is 10.2. The molecule has 3 rings (SSSR count). The van der Waals surface area contributed by atoms with Gasteiger partial charge >= 0.3 is 6.09 Å². The molecule has 0 saturated carbocycles. The van der Waals surface area contributed by atoms with Gasteiger partial charge in [0, 0.05) is 39.1 Å². The monoisotopic (exact) mass is 501 g/mol. The van der Waals surface area contributed by atoms with E-state index in [0.717, 1.165) is 24.8 Å². The predicted molar refractivity (Wildman–Crippen MR) is 139 cm³/mol. The number of amides is 3. The van der Waals surface area contributed by atoms with Gasteiger partial charge in [0.05, 0.1) is 11.5 Å². The van der Waals surface area contributed by atoms with Crippen LogP contribution in [0.25, 0.3) is 6.08 Å². The summed E-state index contributed by atoms with van der Waals surface area (Å²) in [4.78, 5) is 42.6. The van der Waals surface area contributed by atoms with E-state index in [1.54, 1.807) is 16.7 Å². The number of rotatable bonds is 9. The summed E-state index contributed by atoms with van der Waals surface area (Å²) in [6, 6.07) is 9.91. The van der Waals surface area contributed by atoms with Gasteiger partial charge in [-0.3, -0.25) is 14.5 Å². The summed E-state index contributed by atoms with van der Waals surface area (Å²) < 4.78 is 5.59. The first-order chi connectivity index (χ1) is 16.5. The van der Waals surface area contributed by atoms with Crippen LogP contribution in [0.1, 0.15) is 38.2 Å². The smallest absolute Gasteiger partial charge is 0.409 e. The summed E-state index contributed by atoms with van der Waals surface area (Å²) in [5.41, 5.74) is 1.07. The van der Waals surface area contributed by atoms with E-state index in [4.69, 9.17) is 17.0 Å². The van der Waals surface area contributed by atoms with Gasteiger partial charge in [-0.15, -0.1) is 0 Å². The molecule has 182 valence electrons. The van der Waals surface area contributed by atoms with E-state index in [-0.39, 0.29) is 17.9 Å². The summed E-state index contributed by atoms with van der Waals surface area (Å²) in [6.07, 6.45) is 8.21. The summed E-state index contributed by atoms with van der Waals surface area (Å²) in [5.74, 6) is 0.0607. The maximum atomic E-state index is 12.7. The molecule has 0 aliphatic carbocycles. The Morgan fingerprint density at radius 3 is 2.47 bits per heavy atom. The Balaban J connectivity index is 1.34. The number of hydrogen-bond acceptors (Lipinski definition) is 6. The van der Waals surface area contributed by atoms with E-state index in [9.17, 15) is 14.4 Å². The zero-order valence-corrected chi connectivity index (χ0v) is 21.1. The zero-order valence-electron chi connectivity index (χ0n) is 19.5. The largest absolute Gasteiger partial charge is 0.450 e. The van der Waals surface area contributed by atoms with Gasteiger partial charge in [-0.1, -0.05) is 72.9 Å². The number of carbonyl (C=O) groups excluding carboxylic acids is 3. The van der Waals surface area contributed by atoms with Crippen LogP contribution in [0.4, 0.5) is 4.79 Å². The summed E-state index contributed by atoms with van der Waals surface area (Å²) in [7, 11) is 0. The molecule has 34 heavy (non-hydrogen) atoms. The minimum Gasteiger partial charge on any atom is -0.450 e. The fourth-order valence-corrected chi connectivity index (χ4v) is 5.01. The van der Waals surface area contributed by atoms with Crippen LogP contribution in [0.15, 0.2) is 47.4 Å². The lowest BCUT2D eigenvalue weighted by molar-refractivity contribution is -0.133. The normalized spacial score (nSPS) is 17.8. The molecule has 0 aromatic heterocycles. The predicted octanol–water partition coefficient (Wildman–Crippen LogP) is 4.31. The van der Waals surface area contributed by atoms with Crippen molar-refractivity contribution in [2.45, 2.75) is 32.6 Å². The van der Waals surface area contributed by atoms with Crippen LogP contribution in [0.3, 0.4) is 0 Å². The molecule has 1 aromatic rings. The molecule has 0 spiro atoms. The second-order valence-corrected chi connectivity index (χ2v) is 9.68. The fourth-order valence-electron chi connectivity index (χ4n) is 3.75. The molecule has 0 bridgehead atoms. The van der Waals surface area contributed by atoms with E-state index >= 15 is 0 Å². The Morgan fingerprint density at radius 1 is 1.06 bits per heavy atom. The Labute approximate surface area is 210 Å². The van der Waals surface area contributed by atoms with Crippen molar-refractivity contribution in [3.63, 3.8) is 0 Å². The van der Waals surface area contributed by atoms with Gasteiger partial charge in [0.15, 0.2) is 0 Å². The molecule has 2 aliphatic rings. The molecule has 0 unspecified atom stereocenters. The molecule has 2 fully saturated rings. The van der Waals surface area contributed by atoms with Gasteiger partial charge in [-0.2, -0.15) is 0 Å². The number of benzene rings is 1. The van der Waals surface area contributed by atoms with E-state index in [1.807, 2.05) is 53.5 Å². The third-order valence-corrected chi connectivity index (χ3v) is 7.04. The van der Waals surface area contributed by atoms with Crippen molar-refractivity contribution in [3.8, 4) is 0 Å². The lowest BCUT2D eigenvalue weighted by atomic mass is 10.1. The average molecular weight is 502 g/mol. The molecule has 0 N–H and O–H groups in total. The number of thiocarbonyl (C=S) groups is 1. The average Bonchev–Trinajstić information content (AvgIpc) is 3.12. The minimum atomic E-state index is -0.313. The Hall–Kier alpha value is -2.65. The molecular formula is C25H31N3O4S2. The molecule has 0 atom stereocenters. The molecule has 2 saturated heterocycles. The van der Waals surface area contributed by atoms with E-state index < -0.39 is 0 Å². The van der Waals surface area contributed by atoms with Crippen molar-refractivity contribution in [2.75, 3.05) is 39.3 Å². The number of nitrogens with zero attached hydrogens (tertiary/aromatic N) is 3. The second-order valence-electron chi connectivity index (χ2n) is 8.00. The third-order valence-electron chi connectivity index (χ3n) is 5.64. The van der Waals surface area contributed by atoms with Crippen LogP contribution in [0.5, 0.6) is 0 Å². The molecule has 0 radical (unpaired) electrons. The molecule has 9 heteroatoms. The van der Waals surface area contributed by atoms with Gasteiger partial charge < -0.3 is 14.5 Å². The zero-order chi connectivity index (χ0) is 24.3. The Bertz CT molecular complexity index is 941. The van der Waals surface area contributed by atoms with Crippen LogP contribution in [0.2, 0.25) is 0 Å². The number of thioether (sulfide) groups is 1. The highest BCUT2D eigenvalue weighted by molar-refractivity contribution is 8.26. The van der Waals surface area contributed by atoms with Gasteiger partial charge in [-0.05, 0) is 31.4 Å². The first kappa shape index (κ1) is 26.0. The standard InChI is InChI=1S/C25H31N3O4S2/c1-2-32-24(31)27-18-16-26(17-19-27)22(29)14-7-4-8-15-28-23(30)21(34-25(28)33)13-9-12-20-10-5-3-6-11-20/h3,5-6,9-13H,2,4,7-8,14-19H2,1H3. The number of allylic oxidation sites excluding steroid dienone is 2. The maximum absolute atomic E-state index is 12.7. The van der Waals surface area contributed by atoms with E-state index in [1.165, 1.54) is 11.8 Å². The van der Waals surface area contributed by atoms with E-state index in [0.29, 0.717) is 55.0 Å². The summed E-state index contributed by atoms with van der Waals surface area (Å²) >= 11 is 6.72. The number of carbonyl (C=O) groups is 3. The summed E-state index contributed by atoms with van der Waals surface area (Å²) in [5, 5.41) is 0. The lowest BCUT2D eigenvalue weighted by Gasteiger charge is -2.34. The number of piperazine rings is 1. The SMILES string of the molecule is CCOC(=O)N1CCN(C(=O)CCCCCN2C(=O)C(=CC=Cc3ccccc3)SC2=S)CC1. The number of ether oxygens (including phenoxy) is 1. The highest BCUT2D eigenvalue weighted by Crippen LogP contribution is 2.31.